The number of amides is 2. The third-order valence-electron chi connectivity index (χ3n) is 3.29. The molecule has 2 rings (SSSR count). The highest BCUT2D eigenvalue weighted by Crippen LogP contribution is 2.14. The van der Waals surface area contributed by atoms with Crippen LogP contribution >= 0.6 is 0 Å². The van der Waals surface area contributed by atoms with Gasteiger partial charge in [-0.05, 0) is 44.5 Å². The zero-order valence-electron chi connectivity index (χ0n) is 13.6. The minimum absolute atomic E-state index is 0.296. The summed E-state index contributed by atoms with van der Waals surface area (Å²) >= 11 is 0. The summed E-state index contributed by atoms with van der Waals surface area (Å²) in [6.45, 7) is 4.96. The summed E-state index contributed by atoms with van der Waals surface area (Å²) in [5.41, 5.74) is 5.38. The van der Waals surface area contributed by atoms with Gasteiger partial charge in [0.1, 0.15) is 22.9 Å². The summed E-state index contributed by atoms with van der Waals surface area (Å²) in [6, 6.07) is 5.27. The first-order chi connectivity index (χ1) is 11.4. The number of hydrogen-bond acceptors (Lipinski definition) is 5. The van der Waals surface area contributed by atoms with Crippen molar-refractivity contribution in [3.8, 4) is 5.75 Å². The Labute approximate surface area is 138 Å². The minimum atomic E-state index is -0.884. The molecule has 2 aromatic rings. The van der Waals surface area contributed by atoms with E-state index < -0.39 is 23.7 Å². The van der Waals surface area contributed by atoms with E-state index in [0.29, 0.717) is 29.2 Å². The van der Waals surface area contributed by atoms with Gasteiger partial charge in [-0.2, -0.15) is 0 Å². The standard InChI is InChI=1S/C16H18FN3O4/c1-4-13-14(9(2)24-20-13)16(22)19-18-15(21)10(3)23-12-7-5-11(17)6-8-12/h5-8,10H,4H2,1-3H3,(H,18,21)(H,19,22)/t10-/m0/s1. The van der Waals surface area contributed by atoms with Gasteiger partial charge < -0.3 is 9.26 Å². The van der Waals surface area contributed by atoms with Crippen molar-refractivity contribution in [1.29, 1.82) is 0 Å². The van der Waals surface area contributed by atoms with Gasteiger partial charge in [0, 0.05) is 0 Å². The van der Waals surface area contributed by atoms with Crippen LogP contribution in [0.4, 0.5) is 4.39 Å². The molecule has 7 nitrogen and oxygen atoms in total. The molecule has 1 atom stereocenters. The third kappa shape index (κ3) is 4.09. The predicted octanol–water partition coefficient (Wildman–Crippen LogP) is 1.91. The van der Waals surface area contributed by atoms with E-state index in [2.05, 4.69) is 16.0 Å². The highest BCUT2D eigenvalue weighted by atomic mass is 19.1. The van der Waals surface area contributed by atoms with Crippen molar-refractivity contribution >= 4 is 11.8 Å². The molecule has 1 heterocycles. The van der Waals surface area contributed by atoms with E-state index in [0.717, 1.165) is 0 Å². The van der Waals surface area contributed by atoms with Gasteiger partial charge in [-0.3, -0.25) is 20.4 Å². The van der Waals surface area contributed by atoms with Crippen LogP contribution in [-0.4, -0.2) is 23.1 Å². The number of hydrazine groups is 1. The van der Waals surface area contributed by atoms with Crippen LogP contribution in [0.25, 0.3) is 0 Å². The Morgan fingerprint density at radius 3 is 2.58 bits per heavy atom. The number of carbonyl (C=O) groups excluding carboxylic acids is 2. The average Bonchev–Trinajstić information content (AvgIpc) is 2.95. The van der Waals surface area contributed by atoms with Gasteiger partial charge in [-0.1, -0.05) is 12.1 Å². The van der Waals surface area contributed by atoms with Crippen LogP contribution < -0.4 is 15.6 Å². The van der Waals surface area contributed by atoms with Gasteiger partial charge in [0.2, 0.25) is 0 Å². The molecule has 24 heavy (non-hydrogen) atoms. The quantitative estimate of drug-likeness (QED) is 0.814. The summed E-state index contributed by atoms with van der Waals surface area (Å²) in [6.07, 6.45) is -0.358. The summed E-state index contributed by atoms with van der Waals surface area (Å²) in [5.74, 6) is -0.766. The first-order valence-electron chi connectivity index (χ1n) is 7.40. The van der Waals surface area contributed by atoms with E-state index in [1.54, 1.807) is 6.92 Å². The molecule has 0 fully saturated rings. The van der Waals surface area contributed by atoms with Gasteiger partial charge >= 0.3 is 0 Å². The zero-order chi connectivity index (χ0) is 17.7. The molecule has 2 amide bonds. The molecule has 0 saturated carbocycles. The highest BCUT2D eigenvalue weighted by molar-refractivity contribution is 5.97. The van der Waals surface area contributed by atoms with E-state index in [4.69, 9.17) is 9.26 Å². The van der Waals surface area contributed by atoms with Crippen molar-refractivity contribution in [2.75, 3.05) is 0 Å². The maximum absolute atomic E-state index is 12.8. The second-order valence-electron chi connectivity index (χ2n) is 5.07. The third-order valence-corrected chi connectivity index (χ3v) is 3.29. The second kappa shape index (κ2) is 7.58. The number of ether oxygens (including phenoxy) is 1. The first-order valence-corrected chi connectivity index (χ1v) is 7.40. The Morgan fingerprint density at radius 2 is 1.96 bits per heavy atom. The monoisotopic (exact) mass is 335 g/mol. The first kappa shape index (κ1) is 17.5. The van der Waals surface area contributed by atoms with E-state index in [1.165, 1.54) is 31.2 Å². The lowest BCUT2D eigenvalue weighted by Gasteiger charge is -2.15. The number of rotatable bonds is 5. The molecule has 0 radical (unpaired) electrons. The molecule has 8 heteroatoms. The fourth-order valence-electron chi connectivity index (χ4n) is 2.00. The Kier molecular flexibility index (Phi) is 5.51. The van der Waals surface area contributed by atoms with Crippen LogP contribution in [-0.2, 0) is 11.2 Å². The SMILES string of the molecule is CCc1noc(C)c1C(=O)NNC(=O)[C@H](C)Oc1ccc(F)cc1. The van der Waals surface area contributed by atoms with Crippen LogP contribution in [0.3, 0.4) is 0 Å². The minimum Gasteiger partial charge on any atom is -0.481 e. The smallest absolute Gasteiger partial charge is 0.279 e. The van der Waals surface area contributed by atoms with Crippen LogP contribution in [0.15, 0.2) is 28.8 Å². The molecule has 0 aliphatic rings. The molecule has 0 bridgehead atoms. The van der Waals surface area contributed by atoms with Crippen molar-refractivity contribution in [1.82, 2.24) is 16.0 Å². The Hall–Kier alpha value is -2.90. The number of hydrogen-bond donors (Lipinski definition) is 2. The number of nitrogens with one attached hydrogen (secondary N) is 2. The molecule has 1 aromatic carbocycles. The van der Waals surface area contributed by atoms with Crippen molar-refractivity contribution in [3.05, 3.63) is 47.1 Å². The van der Waals surface area contributed by atoms with Gasteiger partial charge in [-0.25, -0.2) is 4.39 Å². The molecule has 0 spiro atoms. The highest BCUT2D eigenvalue weighted by Gasteiger charge is 2.21. The Morgan fingerprint density at radius 1 is 1.29 bits per heavy atom. The summed E-state index contributed by atoms with van der Waals surface area (Å²) < 4.78 is 23.2. The largest absolute Gasteiger partial charge is 0.481 e. The summed E-state index contributed by atoms with van der Waals surface area (Å²) in [4.78, 5) is 24.1. The maximum Gasteiger partial charge on any atom is 0.279 e. The fourth-order valence-corrected chi connectivity index (χ4v) is 2.00. The molecule has 1 aromatic heterocycles. The van der Waals surface area contributed by atoms with Crippen molar-refractivity contribution in [2.45, 2.75) is 33.3 Å². The molecule has 0 saturated heterocycles. The lowest BCUT2D eigenvalue weighted by Crippen LogP contribution is -2.47. The van der Waals surface area contributed by atoms with Crippen molar-refractivity contribution < 1.29 is 23.2 Å². The lowest BCUT2D eigenvalue weighted by atomic mass is 10.1. The van der Waals surface area contributed by atoms with Crippen molar-refractivity contribution in [3.63, 3.8) is 0 Å². The molecule has 128 valence electrons. The number of aryl methyl sites for hydroxylation is 2. The summed E-state index contributed by atoms with van der Waals surface area (Å²) in [7, 11) is 0. The molecule has 0 unspecified atom stereocenters. The van der Waals surface area contributed by atoms with Crippen LogP contribution in [0.5, 0.6) is 5.75 Å². The van der Waals surface area contributed by atoms with E-state index >= 15 is 0 Å². The number of aromatic nitrogens is 1. The normalized spacial score (nSPS) is 11.7. The van der Waals surface area contributed by atoms with Gasteiger partial charge in [-0.15, -0.1) is 0 Å². The topological polar surface area (TPSA) is 93.5 Å². The number of nitrogens with zero attached hydrogens (tertiary/aromatic N) is 1. The lowest BCUT2D eigenvalue weighted by molar-refractivity contribution is -0.128. The number of carbonyl (C=O) groups is 2. The summed E-state index contributed by atoms with van der Waals surface area (Å²) in [5, 5.41) is 3.78. The predicted molar refractivity (Wildman–Crippen MR) is 82.7 cm³/mol. The number of halogens is 1. The van der Waals surface area contributed by atoms with Crippen LogP contribution in [0, 0.1) is 12.7 Å². The van der Waals surface area contributed by atoms with Gasteiger partial charge in [0.15, 0.2) is 6.10 Å². The maximum atomic E-state index is 12.8. The molecule has 0 aliphatic carbocycles. The van der Waals surface area contributed by atoms with Crippen LogP contribution in [0.2, 0.25) is 0 Å². The molecular formula is C16H18FN3O4. The van der Waals surface area contributed by atoms with Gasteiger partial charge in [0.25, 0.3) is 11.8 Å². The molecular weight excluding hydrogens is 317 g/mol. The molecule has 2 N–H and O–H groups in total. The Balaban J connectivity index is 1.91. The second-order valence-corrected chi connectivity index (χ2v) is 5.07. The average molecular weight is 335 g/mol. The van der Waals surface area contributed by atoms with E-state index in [1.807, 2.05) is 6.92 Å². The Bertz CT molecular complexity index is 727. The number of benzene rings is 1. The van der Waals surface area contributed by atoms with Crippen molar-refractivity contribution in [2.24, 2.45) is 0 Å². The van der Waals surface area contributed by atoms with E-state index in [-0.39, 0.29) is 0 Å². The zero-order valence-corrected chi connectivity index (χ0v) is 13.6. The fraction of sp³-hybridized carbons (Fsp3) is 0.312. The van der Waals surface area contributed by atoms with E-state index in [9.17, 15) is 14.0 Å². The van der Waals surface area contributed by atoms with Gasteiger partial charge in [0.05, 0.1) is 5.69 Å². The molecule has 0 aliphatic heterocycles. The van der Waals surface area contributed by atoms with Crippen LogP contribution in [0.1, 0.15) is 35.7 Å².